The van der Waals surface area contributed by atoms with E-state index >= 15 is 0 Å². The summed E-state index contributed by atoms with van der Waals surface area (Å²) in [6, 6.07) is 19.2. The summed E-state index contributed by atoms with van der Waals surface area (Å²) in [5.74, 6) is -0.436. The lowest BCUT2D eigenvalue weighted by atomic mass is 10.1. The number of thioether (sulfide) groups is 1. The lowest BCUT2D eigenvalue weighted by Crippen LogP contribution is -3.13. The van der Waals surface area contributed by atoms with Crippen molar-refractivity contribution in [2.45, 2.75) is 30.5 Å². The predicted octanol–water partition coefficient (Wildman–Crippen LogP) is 4.08. The first-order chi connectivity index (χ1) is 21.7. The van der Waals surface area contributed by atoms with E-state index in [4.69, 9.17) is 19.2 Å². The largest absolute Gasteiger partial charge is 0.493 e. The zero-order valence-corrected chi connectivity index (χ0v) is 26.9. The van der Waals surface area contributed by atoms with E-state index in [1.807, 2.05) is 0 Å². The van der Waals surface area contributed by atoms with Gasteiger partial charge in [0.25, 0.3) is 0 Å². The third-order valence-corrected chi connectivity index (χ3v) is 8.96. The van der Waals surface area contributed by atoms with Crippen LogP contribution in [0.15, 0.2) is 88.9 Å². The minimum absolute atomic E-state index is 0.0151. The summed E-state index contributed by atoms with van der Waals surface area (Å²) in [6.45, 7) is 4.45. The molecule has 0 saturated heterocycles. The highest BCUT2D eigenvalue weighted by atomic mass is 32.2. The second-order valence-electron chi connectivity index (χ2n) is 9.27. The number of ether oxygens (including phenoxy) is 2. The molecule has 12 nitrogen and oxygen atoms in total. The van der Waals surface area contributed by atoms with Gasteiger partial charge in [-0.15, -0.1) is 0 Å². The molecule has 0 aromatic heterocycles. The summed E-state index contributed by atoms with van der Waals surface area (Å²) in [7, 11) is -1.05. The number of oxime groups is 1. The Morgan fingerprint density at radius 3 is 2.40 bits per heavy atom. The van der Waals surface area contributed by atoms with Gasteiger partial charge in [0.2, 0.25) is 20.8 Å². The van der Waals surface area contributed by atoms with Gasteiger partial charge < -0.3 is 19.9 Å². The van der Waals surface area contributed by atoms with Crippen LogP contribution in [-0.2, 0) is 24.4 Å². The zero-order chi connectivity index (χ0) is 32.8. The highest BCUT2D eigenvalue weighted by Crippen LogP contribution is 2.29. The van der Waals surface area contributed by atoms with Crippen molar-refractivity contribution in [1.82, 2.24) is 0 Å². The van der Waals surface area contributed by atoms with Crippen LogP contribution in [-0.4, -0.2) is 62.4 Å². The second kappa shape index (κ2) is 17.2. The van der Waals surface area contributed by atoms with Crippen molar-refractivity contribution in [3.8, 4) is 11.5 Å². The maximum Gasteiger partial charge on any atom is 0.337 e. The fourth-order valence-corrected chi connectivity index (χ4v) is 6.68. The van der Waals surface area contributed by atoms with Crippen LogP contribution in [0.1, 0.15) is 36.2 Å². The van der Waals surface area contributed by atoms with Crippen LogP contribution < -0.4 is 20.0 Å². The van der Waals surface area contributed by atoms with Crippen LogP contribution >= 0.6 is 11.8 Å². The molecule has 1 aliphatic heterocycles. The molecule has 0 bridgehead atoms. The smallest absolute Gasteiger partial charge is 0.337 e. The molecule has 3 aromatic carbocycles. The van der Waals surface area contributed by atoms with Crippen molar-refractivity contribution in [3.63, 3.8) is 0 Å². The van der Waals surface area contributed by atoms with E-state index in [9.17, 15) is 23.1 Å². The van der Waals surface area contributed by atoms with Crippen LogP contribution in [0.5, 0.6) is 11.5 Å². The summed E-state index contributed by atoms with van der Waals surface area (Å²) in [6.07, 6.45) is 4.08. The van der Waals surface area contributed by atoms with Gasteiger partial charge in [0.1, 0.15) is 7.11 Å². The number of carboxylic acid groups (broad SMARTS) is 1. The number of para-hydroxylation sites is 1. The number of hydroxylamine groups is 2. The number of quaternary nitrogens is 1. The fourth-order valence-electron chi connectivity index (χ4n) is 3.87. The second-order valence-corrected chi connectivity index (χ2v) is 12.4. The number of sulfone groups is 1. The van der Waals surface area contributed by atoms with Crippen molar-refractivity contribution >= 4 is 50.3 Å². The number of carboxylic acids is 1. The van der Waals surface area contributed by atoms with E-state index in [0.29, 0.717) is 22.8 Å². The Balaban J connectivity index is 0.00000177. The van der Waals surface area contributed by atoms with E-state index in [0.717, 1.165) is 0 Å². The molecule has 1 aliphatic rings. The van der Waals surface area contributed by atoms with Gasteiger partial charge >= 0.3 is 11.3 Å². The fraction of sp³-hybridized carbons (Fsp3) is 0.258. The molecule has 4 rings (SSSR count). The number of nitrogens with one attached hydrogen (secondary N) is 2. The number of hydrogen-bond donors (Lipinski definition) is 3. The van der Waals surface area contributed by atoms with Crippen molar-refractivity contribution in [1.29, 1.82) is 0 Å². The van der Waals surface area contributed by atoms with E-state index in [2.05, 4.69) is 24.3 Å². The molecule has 240 valence electrons. The van der Waals surface area contributed by atoms with Crippen molar-refractivity contribution in [3.05, 3.63) is 90.0 Å². The van der Waals surface area contributed by atoms with Crippen molar-refractivity contribution < 1.29 is 47.6 Å². The molecule has 14 heteroatoms. The topological polar surface area (TPSA) is 154 Å². The zero-order valence-electron chi connectivity index (χ0n) is 25.3. The highest BCUT2D eigenvalue weighted by Gasteiger charge is 2.49. The lowest BCUT2D eigenvalue weighted by molar-refractivity contribution is -1.24. The molecule has 0 fully saturated rings. The maximum atomic E-state index is 13.2. The number of methoxy groups -OCH3 is 1. The average molecular weight is 659 g/mol. The third kappa shape index (κ3) is 9.56. The number of rotatable bonds is 12. The van der Waals surface area contributed by atoms with E-state index < -0.39 is 27.1 Å². The number of amides is 1. The number of carbonyl (C=O) groups is 2. The molecular formula is C31H36N3O9S2+. The van der Waals surface area contributed by atoms with E-state index in [-0.39, 0.29) is 33.0 Å². The molecule has 2 unspecified atom stereocenters. The number of anilines is 1. The third-order valence-electron chi connectivity index (χ3n) is 5.87. The number of hydrogen-bond acceptors (Lipinski definition) is 10. The molecule has 0 saturated carbocycles. The van der Waals surface area contributed by atoms with Crippen molar-refractivity contribution in [2.75, 3.05) is 31.9 Å². The van der Waals surface area contributed by atoms with Gasteiger partial charge in [-0.25, -0.2) is 13.2 Å². The molecular weight excluding hydrogens is 622 g/mol. The Kier molecular flexibility index (Phi) is 13.4. The Labute approximate surface area is 266 Å². The first kappa shape index (κ1) is 35.1. The SMILES string of the molecule is CCC.COc1cc(/C=C/C(=O)Nc2ccccc2C(=O)O)ccc1OCCSC1=NO[NH+](OC)C1S(=O)(=O)c1ccccc1. The van der Waals surface area contributed by atoms with Gasteiger partial charge in [-0.05, 0) is 53.2 Å². The molecule has 3 N–H and O–H groups in total. The normalized spacial score (nSPS) is 15.8. The molecule has 1 heterocycles. The first-order valence-electron chi connectivity index (χ1n) is 13.9. The van der Waals surface area contributed by atoms with Crippen LogP contribution in [0.2, 0.25) is 0 Å². The summed E-state index contributed by atoms with van der Waals surface area (Å²) >= 11 is 1.17. The minimum Gasteiger partial charge on any atom is -0.493 e. The van der Waals surface area contributed by atoms with E-state index in [1.54, 1.807) is 54.6 Å². The molecule has 0 aliphatic carbocycles. The first-order valence-corrected chi connectivity index (χ1v) is 16.4. The van der Waals surface area contributed by atoms with Gasteiger partial charge in [-0.3, -0.25) is 4.79 Å². The summed E-state index contributed by atoms with van der Waals surface area (Å²) in [5.41, 5.74) is 0.817. The van der Waals surface area contributed by atoms with Gasteiger partial charge in [0, 0.05) is 17.1 Å². The van der Waals surface area contributed by atoms with Gasteiger partial charge in [-0.1, -0.05) is 68.4 Å². The van der Waals surface area contributed by atoms with Gasteiger partial charge in [0.15, 0.2) is 11.5 Å². The predicted molar refractivity (Wildman–Crippen MR) is 172 cm³/mol. The summed E-state index contributed by atoms with van der Waals surface area (Å²) in [4.78, 5) is 34.1. The molecule has 1 amide bonds. The van der Waals surface area contributed by atoms with Crippen LogP contribution in [0.25, 0.3) is 6.08 Å². The quantitative estimate of drug-likeness (QED) is 0.192. The van der Waals surface area contributed by atoms with Crippen LogP contribution in [0.4, 0.5) is 5.69 Å². The Hall–Kier alpha value is -4.37. The molecule has 0 radical (unpaired) electrons. The monoisotopic (exact) mass is 658 g/mol. The minimum atomic E-state index is -3.85. The number of benzene rings is 3. The number of carbonyl (C=O) groups excluding carboxylic acids is 1. The van der Waals surface area contributed by atoms with E-state index in [1.165, 1.54) is 62.7 Å². The van der Waals surface area contributed by atoms with Gasteiger partial charge in [-0.2, -0.15) is 9.78 Å². The Bertz CT molecular complexity index is 1610. The Morgan fingerprint density at radius 1 is 1.04 bits per heavy atom. The van der Waals surface area contributed by atoms with Crippen LogP contribution in [0, 0.1) is 0 Å². The number of aromatic carboxylic acids is 1. The molecule has 45 heavy (non-hydrogen) atoms. The van der Waals surface area contributed by atoms with Gasteiger partial charge in [0.05, 0.1) is 29.9 Å². The maximum absolute atomic E-state index is 13.2. The number of nitrogens with zero attached hydrogens (tertiary/aromatic N) is 1. The standard InChI is InChI=1S/C28H27N3O9S2.C3H8/c1-37-24-18-19(13-15-25(32)29-22-11-7-6-10-21(22)28(33)34)12-14-23(24)39-16-17-41-26-27(31(38-2)40-30-26)42(35,36)20-8-4-3-5-9-20;1-3-2/h3-15,18,27H,16-17H2,1-2H3,(H,29,32)(H,33,34);3H2,1-2H3/p+1/b15-13+;. The van der Waals surface area contributed by atoms with Crippen LogP contribution in [0.3, 0.4) is 0 Å². The molecule has 3 aromatic rings. The van der Waals surface area contributed by atoms with Crippen molar-refractivity contribution in [2.24, 2.45) is 5.16 Å². The Morgan fingerprint density at radius 2 is 1.73 bits per heavy atom. The average Bonchev–Trinajstić information content (AvgIpc) is 3.47. The highest BCUT2D eigenvalue weighted by molar-refractivity contribution is 8.15. The summed E-state index contributed by atoms with van der Waals surface area (Å²) in [5, 5.41) is 14.7. The molecule has 2 atom stereocenters. The lowest BCUT2D eigenvalue weighted by Gasteiger charge is -2.15. The molecule has 0 spiro atoms. The summed E-state index contributed by atoms with van der Waals surface area (Å²) < 4.78 is 37.8.